The van der Waals surface area contributed by atoms with Crippen LogP contribution in [0.2, 0.25) is 0 Å². The first kappa shape index (κ1) is 18.5. The highest BCUT2D eigenvalue weighted by Crippen LogP contribution is 2.28. The summed E-state index contributed by atoms with van der Waals surface area (Å²) < 4.78 is 11.1. The molecule has 5 heteroatoms. The summed E-state index contributed by atoms with van der Waals surface area (Å²) in [5, 5.41) is 6.76. The summed E-state index contributed by atoms with van der Waals surface area (Å²) >= 11 is 0. The number of aliphatic imine (C=N–C) groups is 1. The van der Waals surface area contributed by atoms with Crippen LogP contribution < -0.4 is 10.6 Å². The van der Waals surface area contributed by atoms with Crippen molar-refractivity contribution in [2.45, 2.75) is 58.5 Å². The van der Waals surface area contributed by atoms with E-state index in [4.69, 9.17) is 14.5 Å². The Bertz CT molecular complexity index is 335. The lowest BCUT2D eigenvalue weighted by molar-refractivity contribution is 0.0420. The van der Waals surface area contributed by atoms with Crippen LogP contribution in [0.25, 0.3) is 0 Å². The van der Waals surface area contributed by atoms with Gasteiger partial charge in [0.05, 0.1) is 12.7 Å². The lowest BCUT2D eigenvalue weighted by Crippen LogP contribution is -2.38. The van der Waals surface area contributed by atoms with Gasteiger partial charge in [0.2, 0.25) is 0 Å². The topological polar surface area (TPSA) is 54.9 Å². The molecule has 1 aliphatic heterocycles. The molecule has 1 saturated heterocycles. The molecule has 2 N–H and O–H groups in total. The molecule has 2 fully saturated rings. The third-order valence-electron chi connectivity index (χ3n) is 4.84. The summed E-state index contributed by atoms with van der Waals surface area (Å²) in [6.45, 7) is 9.65. The van der Waals surface area contributed by atoms with Crippen molar-refractivity contribution < 1.29 is 9.47 Å². The van der Waals surface area contributed by atoms with E-state index in [0.29, 0.717) is 6.10 Å². The van der Waals surface area contributed by atoms with Gasteiger partial charge in [0.1, 0.15) is 0 Å². The van der Waals surface area contributed by atoms with Gasteiger partial charge < -0.3 is 20.1 Å². The van der Waals surface area contributed by atoms with E-state index < -0.39 is 0 Å². The second-order valence-electron chi connectivity index (χ2n) is 6.98. The van der Waals surface area contributed by atoms with Crippen molar-refractivity contribution in [1.82, 2.24) is 10.6 Å². The Balaban J connectivity index is 1.59. The second kappa shape index (κ2) is 10.9. The van der Waals surface area contributed by atoms with Crippen LogP contribution in [0.4, 0.5) is 0 Å². The van der Waals surface area contributed by atoms with Crippen LogP contribution in [0, 0.1) is 11.8 Å². The van der Waals surface area contributed by atoms with E-state index in [2.05, 4.69) is 24.5 Å². The fourth-order valence-corrected chi connectivity index (χ4v) is 3.25. The lowest BCUT2D eigenvalue weighted by Gasteiger charge is -2.25. The maximum Gasteiger partial charge on any atom is 0.191 e. The zero-order valence-corrected chi connectivity index (χ0v) is 15.0. The number of guanidine groups is 1. The summed E-state index contributed by atoms with van der Waals surface area (Å²) in [5.74, 6) is 2.63. The molecule has 1 saturated carbocycles. The molecule has 0 aromatic rings. The van der Waals surface area contributed by atoms with Crippen LogP contribution in [0.15, 0.2) is 4.99 Å². The van der Waals surface area contributed by atoms with Gasteiger partial charge >= 0.3 is 0 Å². The van der Waals surface area contributed by atoms with E-state index in [-0.39, 0.29) is 0 Å². The number of nitrogens with one attached hydrogen (secondary N) is 2. The standard InChI is InChI=1S/C18H35N3O2/c1-3-19-18(21-13-16-7-5-15(2)6-8-16)20-10-4-11-23-17-9-12-22-14-17/h15-17H,3-14H2,1-2H3,(H2,19,20,21). The predicted octanol–water partition coefficient (Wildman–Crippen LogP) is 2.56. The SMILES string of the molecule is CCNC(=NCC1CCC(C)CC1)NCCCOC1CCOC1. The average molecular weight is 325 g/mol. The summed E-state index contributed by atoms with van der Waals surface area (Å²) in [6.07, 6.45) is 7.76. The molecule has 0 amide bonds. The summed E-state index contributed by atoms with van der Waals surface area (Å²) in [4.78, 5) is 4.77. The number of ether oxygens (including phenoxy) is 2. The Morgan fingerprint density at radius 3 is 2.70 bits per heavy atom. The molecule has 1 heterocycles. The Morgan fingerprint density at radius 2 is 2.00 bits per heavy atom. The molecule has 1 unspecified atom stereocenters. The molecule has 23 heavy (non-hydrogen) atoms. The highest BCUT2D eigenvalue weighted by Gasteiger charge is 2.18. The zero-order valence-electron chi connectivity index (χ0n) is 15.0. The minimum Gasteiger partial charge on any atom is -0.379 e. The lowest BCUT2D eigenvalue weighted by atomic mass is 9.83. The molecule has 0 aromatic heterocycles. The van der Waals surface area contributed by atoms with Crippen LogP contribution in [0.3, 0.4) is 0 Å². The number of hydrogen-bond donors (Lipinski definition) is 2. The first-order valence-electron chi connectivity index (χ1n) is 9.49. The minimum atomic E-state index is 0.311. The van der Waals surface area contributed by atoms with Gasteiger partial charge in [0, 0.05) is 32.8 Å². The van der Waals surface area contributed by atoms with Crippen molar-refractivity contribution in [3.63, 3.8) is 0 Å². The van der Waals surface area contributed by atoms with Gasteiger partial charge in [-0.2, -0.15) is 0 Å². The summed E-state index contributed by atoms with van der Waals surface area (Å²) in [5.41, 5.74) is 0. The first-order valence-corrected chi connectivity index (χ1v) is 9.49. The van der Waals surface area contributed by atoms with Crippen molar-refractivity contribution in [2.75, 3.05) is 39.5 Å². The molecule has 0 bridgehead atoms. The molecule has 0 radical (unpaired) electrons. The normalized spacial score (nSPS) is 28.8. The molecule has 1 atom stereocenters. The Kier molecular flexibility index (Phi) is 8.76. The molecule has 5 nitrogen and oxygen atoms in total. The minimum absolute atomic E-state index is 0.311. The van der Waals surface area contributed by atoms with E-state index >= 15 is 0 Å². The van der Waals surface area contributed by atoms with E-state index in [9.17, 15) is 0 Å². The van der Waals surface area contributed by atoms with Crippen molar-refractivity contribution in [3.05, 3.63) is 0 Å². The van der Waals surface area contributed by atoms with Gasteiger partial charge in [0.25, 0.3) is 0 Å². The monoisotopic (exact) mass is 325 g/mol. The molecule has 1 aliphatic carbocycles. The zero-order chi connectivity index (χ0) is 16.3. The van der Waals surface area contributed by atoms with Crippen LogP contribution in [-0.4, -0.2) is 51.5 Å². The highest BCUT2D eigenvalue weighted by atomic mass is 16.5. The fraction of sp³-hybridized carbons (Fsp3) is 0.944. The van der Waals surface area contributed by atoms with Gasteiger partial charge in [-0.05, 0) is 44.4 Å². The van der Waals surface area contributed by atoms with E-state index in [1.807, 2.05) is 0 Å². The Labute approximate surface area is 141 Å². The van der Waals surface area contributed by atoms with Crippen LogP contribution in [0.5, 0.6) is 0 Å². The van der Waals surface area contributed by atoms with Gasteiger partial charge in [-0.25, -0.2) is 0 Å². The van der Waals surface area contributed by atoms with Crippen molar-refractivity contribution >= 4 is 5.96 Å². The molecule has 0 spiro atoms. The second-order valence-corrected chi connectivity index (χ2v) is 6.98. The maximum atomic E-state index is 5.78. The predicted molar refractivity (Wildman–Crippen MR) is 94.9 cm³/mol. The Morgan fingerprint density at radius 1 is 1.17 bits per heavy atom. The third-order valence-corrected chi connectivity index (χ3v) is 4.84. The molecule has 0 aromatic carbocycles. The summed E-state index contributed by atoms with van der Waals surface area (Å²) in [6, 6.07) is 0. The summed E-state index contributed by atoms with van der Waals surface area (Å²) in [7, 11) is 0. The van der Waals surface area contributed by atoms with E-state index in [1.54, 1.807) is 0 Å². The van der Waals surface area contributed by atoms with Gasteiger partial charge in [-0.3, -0.25) is 4.99 Å². The third kappa shape index (κ3) is 7.53. The van der Waals surface area contributed by atoms with Crippen molar-refractivity contribution in [3.8, 4) is 0 Å². The van der Waals surface area contributed by atoms with Gasteiger partial charge in [0.15, 0.2) is 5.96 Å². The van der Waals surface area contributed by atoms with Crippen LogP contribution >= 0.6 is 0 Å². The van der Waals surface area contributed by atoms with E-state index in [1.165, 1.54) is 25.7 Å². The Hall–Kier alpha value is -0.810. The number of nitrogens with zero attached hydrogens (tertiary/aromatic N) is 1. The molecular formula is C18H35N3O2. The van der Waals surface area contributed by atoms with Crippen LogP contribution in [0.1, 0.15) is 52.4 Å². The quantitative estimate of drug-likeness (QED) is 0.409. The molecular weight excluding hydrogens is 290 g/mol. The largest absolute Gasteiger partial charge is 0.379 e. The molecule has 2 aliphatic rings. The maximum absolute atomic E-state index is 5.78. The highest BCUT2D eigenvalue weighted by molar-refractivity contribution is 5.79. The molecule has 2 rings (SSSR count). The first-order chi connectivity index (χ1) is 11.3. The van der Waals surface area contributed by atoms with Crippen molar-refractivity contribution in [1.29, 1.82) is 0 Å². The van der Waals surface area contributed by atoms with Gasteiger partial charge in [-0.15, -0.1) is 0 Å². The number of hydrogen-bond acceptors (Lipinski definition) is 3. The number of rotatable bonds is 8. The van der Waals surface area contributed by atoms with Crippen molar-refractivity contribution in [2.24, 2.45) is 16.8 Å². The fourth-order valence-electron chi connectivity index (χ4n) is 3.25. The van der Waals surface area contributed by atoms with Gasteiger partial charge in [-0.1, -0.05) is 19.8 Å². The molecule has 134 valence electrons. The van der Waals surface area contributed by atoms with Crippen LogP contribution in [-0.2, 0) is 9.47 Å². The smallest absolute Gasteiger partial charge is 0.191 e. The van der Waals surface area contributed by atoms with E-state index in [0.717, 1.165) is 70.1 Å². The average Bonchev–Trinajstić information content (AvgIpc) is 3.07.